The number of carbonyl (C=O) groups is 2. The molecule has 1 saturated heterocycles. The zero-order valence-corrected chi connectivity index (χ0v) is 16.4. The second kappa shape index (κ2) is 8.71. The topological polar surface area (TPSA) is 104 Å². The van der Waals surface area contributed by atoms with Crippen molar-refractivity contribution in [2.45, 2.75) is 18.6 Å². The van der Waals surface area contributed by atoms with Gasteiger partial charge in [-0.15, -0.1) is 0 Å². The van der Waals surface area contributed by atoms with E-state index in [0.29, 0.717) is 18.5 Å². The van der Waals surface area contributed by atoms with Crippen LogP contribution in [0.5, 0.6) is 0 Å². The molecule has 1 aliphatic heterocycles. The number of benzene rings is 2. The highest BCUT2D eigenvalue weighted by molar-refractivity contribution is 7.88. The first kappa shape index (κ1) is 20.9. The first-order chi connectivity index (χ1) is 13.8. The highest BCUT2D eigenvalue weighted by Gasteiger charge is 2.31. The van der Waals surface area contributed by atoms with Gasteiger partial charge in [0, 0.05) is 30.3 Å². The Morgan fingerprint density at radius 2 is 1.69 bits per heavy atom. The van der Waals surface area contributed by atoms with E-state index >= 15 is 0 Å². The Bertz CT molecular complexity index is 1000. The van der Waals surface area contributed by atoms with Gasteiger partial charge >= 0.3 is 5.97 Å². The maximum Gasteiger partial charge on any atom is 0.335 e. The number of aromatic carboxylic acids is 1. The van der Waals surface area contributed by atoms with Crippen LogP contribution in [0.1, 0.15) is 28.8 Å². The van der Waals surface area contributed by atoms with Crippen LogP contribution in [0, 0.1) is 11.7 Å². The largest absolute Gasteiger partial charge is 0.478 e. The van der Waals surface area contributed by atoms with E-state index in [0.717, 1.165) is 0 Å². The Hall–Kier alpha value is -2.78. The number of anilines is 1. The van der Waals surface area contributed by atoms with Crippen molar-refractivity contribution in [3.05, 3.63) is 65.5 Å². The summed E-state index contributed by atoms with van der Waals surface area (Å²) in [5.41, 5.74) is 0.725. The van der Waals surface area contributed by atoms with Gasteiger partial charge in [-0.2, -0.15) is 0 Å². The molecule has 0 aromatic heterocycles. The fourth-order valence-electron chi connectivity index (χ4n) is 3.24. The monoisotopic (exact) mass is 420 g/mol. The van der Waals surface area contributed by atoms with Crippen LogP contribution in [0.4, 0.5) is 10.1 Å². The average molecular weight is 420 g/mol. The average Bonchev–Trinajstić information content (AvgIpc) is 2.70. The fourth-order valence-corrected chi connectivity index (χ4v) is 4.82. The van der Waals surface area contributed by atoms with Crippen molar-refractivity contribution < 1.29 is 27.5 Å². The third-order valence-electron chi connectivity index (χ3n) is 4.91. The molecule has 2 aromatic rings. The van der Waals surface area contributed by atoms with Crippen molar-refractivity contribution in [1.29, 1.82) is 0 Å². The Morgan fingerprint density at radius 3 is 2.28 bits per heavy atom. The zero-order chi connectivity index (χ0) is 21.0. The molecule has 1 aliphatic rings. The standard InChI is InChI=1S/C20H21FN2O5S/c21-18-4-2-1-3-16(18)13-29(27,28)23-11-9-14(10-12-23)19(24)22-17-7-5-15(6-8-17)20(25)26/h1-8,14H,9-13H2,(H,22,24)(H,25,26). The smallest absolute Gasteiger partial charge is 0.335 e. The van der Waals surface area contributed by atoms with E-state index < -0.39 is 27.6 Å². The minimum absolute atomic E-state index is 0.122. The normalized spacial score (nSPS) is 15.8. The number of carboxylic acid groups (broad SMARTS) is 1. The second-order valence-electron chi connectivity index (χ2n) is 6.89. The Labute approximate surface area is 168 Å². The summed E-state index contributed by atoms with van der Waals surface area (Å²) >= 11 is 0. The van der Waals surface area contributed by atoms with E-state index in [-0.39, 0.29) is 36.0 Å². The lowest BCUT2D eigenvalue weighted by Crippen LogP contribution is -2.42. The molecule has 1 fully saturated rings. The van der Waals surface area contributed by atoms with E-state index in [1.807, 2.05) is 0 Å². The maximum absolute atomic E-state index is 13.8. The lowest BCUT2D eigenvalue weighted by molar-refractivity contribution is -0.120. The number of amides is 1. The predicted molar refractivity (Wildman–Crippen MR) is 105 cm³/mol. The van der Waals surface area contributed by atoms with Gasteiger partial charge in [-0.05, 0) is 43.2 Å². The number of carboxylic acids is 1. The van der Waals surface area contributed by atoms with Gasteiger partial charge in [0.2, 0.25) is 15.9 Å². The molecule has 0 unspecified atom stereocenters. The third-order valence-corrected chi connectivity index (χ3v) is 6.74. The number of piperidine rings is 1. The molecule has 2 N–H and O–H groups in total. The molecular weight excluding hydrogens is 399 g/mol. The van der Waals surface area contributed by atoms with Crippen molar-refractivity contribution in [3.63, 3.8) is 0 Å². The number of hydrogen-bond donors (Lipinski definition) is 2. The molecule has 0 saturated carbocycles. The number of hydrogen-bond acceptors (Lipinski definition) is 4. The predicted octanol–water partition coefficient (Wildman–Crippen LogP) is 2.70. The van der Waals surface area contributed by atoms with Crippen molar-refractivity contribution in [2.24, 2.45) is 5.92 Å². The summed E-state index contributed by atoms with van der Waals surface area (Å²) in [6.07, 6.45) is 0.713. The molecule has 154 valence electrons. The van der Waals surface area contributed by atoms with Crippen LogP contribution in [-0.2, 0) is 20.6 Å². The van der Waals surface area contributed by atoms with Crippen LogP contribution >= 0.6 is 0 Å². The summed E-state index contributed by atoms with van der Waals surface area (Å²) in [5.74, 6) is -2.61. The van der Waals surface area contributed by atoms with Crippen LogP contribution in [0.15, 0.2) is 48.5 Å². The Balaban J connectivity index is 1.56. The molecular formula is C20H21FN2O5S. The lowest BCUT2D eigenvalue weighted by Gasteiger charge is -2.30. The van der Waals surface area contributed by atoms with Crippen molar-refractivity contribution in [3.8, 4) is 0 Å². The van der Waals surface area contributed by atoms with E-state index in [2.05, 4.69) is 5.32 Å². The van der Waals surface area contributed by atoms with Gasteiger partial charge in [-0.1, -0.05) is 18.2 Å². The van der Waals surface area contributed by atoms with Gasteiger partial charge in [-0.25, -0.2) is 21.9 Å². The van der Waals surface area contributed by atoms with Crippen molar-refractivity contribution in [2.75, 3.05) is 18.4 Å². The van der Waals surface area contributed by atoms with E-state index in [1.165, 1.54) is 46.8 Å². The quantitative estimate of drug-likeness (QED) is 0.748. The van der Waals surface area contributed by atoms with Crippen LogP contribution < -0.4 is 5.32 Å². The second-order valence-corrected chi connectivity index (χ2v) is 8.86. The Morgan fingerprint density at radius 1 is 1.07 bits per heavy atom. The SMILES string of the molecule is O=C(O)c1ccc(NC(=O)C2CCN(S(=O)(=O)Cc3ccccc3F)CC2)cc1. The minimum atomic E-state index is -3.67. The van der Waals surface area contributed by atoms with Crippen LogP contribution in [0.3, 0.4) is 0 Å². The van der Waals surface area contributed by atoms with E-state index in [9.17, 15) is 22.4 Å². The first-order valence-electron chi connectivity index (χ1n) is 9.12. The molecule has 2 aromatic carbocycles. The molecule has 7 nitrogen and oxygen atoms in total. The molecule has 1 amide bonds. The van der Waals surface area contributed by atoms with Gasteiger partial charge < -0.3 is 10.4 Å². The van der Waals surface area contributed by atoms with E-state index in [1.54, 1.807) is 6.07 Å². The zero-order valence-electron chi connectivity index (χ0n) is 15.5. The highest BCUT2D eigenvalue weighted by atomic mass is 32.2. The van der Waals surface area contributed by atoms with Gasteiger partial charge in [0.1, 0.15) is 5.82 Å². The third kappa shape index (κ3) is 5.18. The molecule has 0 spiro atoms. The minimum Gasteiger partial charge on any atom is -0.478 e. The molecule has 0 bridgehead atoms. The van der Waals surface area contributed by atoms with Crippen molar-refractivity contribution in [1.82, 2.24) is 4.31 Å². The Kier molecular flexibility index (Phi) is 6.29. The summed E-state index contributed by atoms with van der Waals surface area (Å²) < 4.78 is 40.2. The summed E-state index contributed by atoms with van der Waals surface area (Å²) in [5, 5.41) is 11.6. The van der Waals surface area contributed by atoms with Crippen molar-refractivity contribution >= 4 is 27.6 Å². The summed E-state index contributed by atoms with van der Waals surface area (Å²) in [6.45, 7) is 0.375. The summed E-state index contributed by atoms with van der Waals surface area (Å²) in [6, 6.07) is 11.6. The van der Waals surface area contributed by atoms with E-state index in [4.69, 9.17) is 5.11 Å². The number of rotatable bonds is 6. The summed E-state index contributed by atoms with van der Waals surface area (Å²) in [4.78, 5) is 23.3. The molecule has 0 radical (unpaired) electrons. The lowest BCUT2D eigenvalue weighted by atomic mass is 9.97. The number of sulfonamides is 1. The van der Waals surface area contributed by atoms with Gasteiger partial charge in [0.05, 0.1) is 11.3 Å². The van der Waals surface area contributed by atoms with Gasteiger partial charge in [0.25, 0.3) is 0 Å². The van der Waals surface area contributed by atoms with Crippen LogP contribution in [0.2, 0.25) is 0 Å². The molecule has 29 heavy (non-hydrogen) atoms. The van der Waals surface area contributed by atoms with Crippen LogP contribution in [0.25, 0.3) is 0 Å². The molecule has 0 atom stereocenters. The van der Waals surface area contributed by atoms with Gasteiger partial charge in [0.15, 0.2) is 0 Å². The van der Waals surface area contributed by atoms with Crippen LogP contribution in [-0.4, -0.2) is 42.8 Å². The number of nitrogens with one attached hydrogen (secondary N) is 1. The maximum atomic E-state index is 13.8. The molecule has 9 heteroatoms. The van der Waals surface area contributed by atoms with Gasteiger partial charge in [-0.3, -0.25) is 4.79 Å². The summed E-state index contributed by atoms with van der Waals surface area (Å²) in [7, 11) is -3.67. The number of halogens is 1. The molecule has 3 rings (SSSR count). The number of nitrogens with zero attached hydrogens (tertiary/aromatic N) is 1. The molecule has 1 heterocycles. The number of carbonyl (C=O) groups excluding carboxylic acids is 1. The highest BCUT2D eigenvalue weighted by Crippen LogP contribution is 2.24. The fraction of sp³-hybridized carbons (Fsp3) is 0.300. The molecule has 0 aliphatic carbocycles. The first-order valence-corrected chi connectivity index (χ1v) is 10.7.